The third-order valence-corrected chi connectivity index (χ3v) is 3.21. The van der Waals surface area contributed by atoms with Crippen LogP contribution in [0.1, 0.15) is 40.4 Å². The molecule has 0 radical (unpaired) electrons. The van der Waals surface area contributed by atoms with Gasteiger partial charge in [-0.3, -0.25) is 4.79 Å². The Morgan fingerprint density at radius 1 is 1.26 bits per heavy atom. The summed E-state index contributed by atoms with van der Waals surface area (Å²) in [7, 11) is 0. The topological polar surface area (TPSA) is 42.2 Å². The highest BCUT2D eigenvalue weighted by molar-refractivity contribution is 6.17. The molecule has 3 nitrogen and oxygen atoms in total. The zero-order chi connectivity index (χ0) is 13.8. The average Bonchev–Trinajstić information content (AvgIpc) is 2.85. The second-order valence-electron chi connectivity index (χ2n) is 4.47. The van der Waals surface area contributed by atoms with Crippen LogP contribution in [0.5, 0.6) is 0 Å². The smallest absolute Gasteiger partial charge is 0.251 e. The van der Waals surface area contributed by atoms with Gasteiger partial charge in [-0.25, -0.2) is 0 Å². The lowest BCUT2D eigenvalue weighted by Gasteiger charge is -2.11. The molecule has 0 aliphatic rings. The molecule has 2 aromatic rings. The van der Waals surface area contributed by atoms with Gasteiger partial charge in [0.05, 0.1) is 6.04 Å². The first kappa shape index (κ1) is 13.7. The number of alkyl halides is 1. The number of nitrogens with one attached hydrogen (secondary N) is 1. The van der Waals surface area contributed by atoms with Crippen molar-refractivity contribution in [3.63, 3.8) is 0 Å². The van der Waals surface area contributed by atoms with Crippen LogP contribution in [0.15, 0.2) is 40.8 Å². The number of carbonyl (C=O) groups excluding carboxylic acids is 1. The van der Waals surface area contributed by atoms with E-state index in [0.29, 0.717) is 11.4 Å². The summed E-state index contributed by atoms with van der Waals surface area (Å²) >= 11 is 5.71. The summed E-state index contributed by atoms with van der Waals surface area (Å²) in [6.45, 7) is 3.77. The van der Waals surface area contributed by atoms with Crippen molar-refractivity contribution in [2.24, 2.45) is 0 Å². The molecule has 100 valence electrons. The van der Waals surface area contributed by atoms with Crippen LogP contribution >= 0.6 is 11.6 Å². The van der Waals surface area contributed by atoms with Gasteiger partial charge in [0.1, 0.15) is 11.5 Å². The van der Waals surface area contributed by atoms with Gasteiger partial charge >= 0.3 is 0 Å². The second kappa shape index (κ2) is 5.93. The monoisotopic (exact) mass is 277 g/mol. The Hall–Kier alpha value is -1.74. The molecule has 0 fully saturated rings. The fourth-order valence-corrected chi connectivity index (χ4v) is 1.96. The third-order valence-electron chi connectivity index (χ3n) is 2.91. The number of hydrogen-bond donors (Lipinski definition) is 1. The highest BCUT2D eigenvalue weighted by Crippen LogP contribution is 2.16. The SMILES string of the molecule is Cc1ccc(C(C)NC(=O)c2ccc(CCl)cc2)o1. The summed E-state index contributed by atoms with van der Waals surface area (Å²) < 4.78 is 5.49. The maximum absolute atomic E-state index is 12.0. The van der Waals surface area contributed by atoms with Gasteiger partial charge in [-0.1, -0.05) is 12.1 Å². The predicted octanol–water partition coefficient (Wildman–Crippen LogP) is 3.82. The molecule has 1 unspecified atom stereocenters. The van der Waals surface area contributed by atoms with Gasteiger partial charge in [-0.15, -0.1) is 11.6 Å². The van der Waals surface area contributed by atoms with E-state index in [-0.39, 0.29) is 11.9 Å². The number of hydrogen-bond acceptors (Lipinski definition) is 2. The average molecular weight is 278 g/mol. The van der Waals surface area contributed by atoms with E-state index in [9.17, 15) is 4.79 Å². The maximum atomic E-state index is 12.0. The molecule has 1 aromatic carbocycles. The van der Waals surface area contributed by atoms with E-state index in [1.54, 1.807) is 12.1 Å². The summed E-state index contributed by atoms with van der Waals surface area (Å²) in [4.78, 5) is 12.0. The number of rotatable bonds is 4. The van der Waals surface area contributed by atoms with Gasteiger partial charge < -0.3 is 9.73 Å². The van der Waals surface area contributed by atoms with Crippen molar-refractivity contribution in [1.82, 2.24) is 5.32 Å². The summed E-state index contributed by atoms with van der Waals surface area (Å²) in [6.07, 6.45) is 0. The number of amides is 1. The van der Waals surface area contributed by atoms with Crippen molar-refractivity contribution in [2.75, 3.05) is 0 Å². The molecule has 0 saturated carbocycles. The van der Waals surface area contributed by atoms with Crippen molar-refractivity contribution in [1.29, 1.82) is 0 Å². The summed E-state index contributed by atoms with van der Waals surface area (Å²) in [6, 6.07) is 10.8. The largest absolute Gasteiger partial charge is 0.464 e. The number of halogens is 1. The highest BCUT2D eigenvalue weighted by atomic mass is 35.5. The minimum atomic E-state index is -0.158. The molecule has 2 rings (SSSR count). The van der Waals surface area contributed by atoms with Crippen molar-refractivity contribution in [2.45, 2.75) is 25.8 Å². The van der Waals surface area contributed by atoms with Crippen LogP contribution in [0, 0.1) is 6.92 Å². The van der Waals surface area contributed by atoms with Gasteiger partial charge in [0.25, 0.3) is 5.91 Å². The van der Waals surface area contributed by atoms with Crippen molar-refractivity contribution < 1.29 is 9.21 Å². The first-order chi connectivity index (χ1) is 9.10. The van der Waals surface area contributed by atoms with Crippen LogP contribution in [0.25, 0.3) is 0 Å². The Labute approximate surface area is 117 Å². The molecule has 1 heterocycles. The standard InChI is InChI=1S/C15H16ClNO2/c1-10-3-8-14(19-10)11(2)17-15(18)13-6-4-12(9-16)5-7-13/h3-8,11H,9H2,1-2H3,(H,17,18). The third kappa shape index (κ3) is 3.38. The molecular formula is C15H16ClNO2. The van der Waals surface area contributed by atoms with E-state index < -0.39 is 0 Å². The van der Waals surface area contributed by atoms with Crippen LogP contribution in [-0.2, 0) is 5.88 Å². The first-order valence-corrected chi connectivity index (χ1v) is 6.65. The molecule has 0 bridgehead atoms. The van der Waals surface area contributed by atoms with Crippen LogP contribution < -0.4 is 5.32 Å². The molecule has 19 heavy (non-hydrogen) atoms. The second-order valence-corrected chi connectivity index (χ2v) is 4.74. The minimum Gasteiger partial charge on any atom is -0.464 e. The molecule has 1 atom stereocenters. The van der Waals surface area contributed by atoms with Gasteiger partial charge in [0, 0.05) is 11.4 Å². The Balaban J connectivity index is 2.03. The molecule has 0 aliphatic heterocycles. The summed E-state index contributed by atoms with van der Waals surface area (Å²) in [5, 5.41) is 2.90. The van der Waals surface area contributed by atoms with E-state index in [1.807, 2.05) is 38.1 Å². The quantitative estimate of drug-likeness (QED) is 0.863. The van der Waals surface area contributed by atoms with Crippen LogP contribution in [0.4, 0.5) is 0 Å². The Bertz CT molecular complexity index is 560. The Kier molecular flexibility index (Phi) is 4.27. The first-order valence-electron chi connectivity index (χ1n) is 6.12. The summed E-state index contributed by atoms with van der Waals surface area (Å²) in [5.41, 5.74) is 1.61. The number of furan rings is 1. The molecule has 0 aliphatic carbocycles. The zero-order valence-corrected chi connectivity index (χ0v) is 11.7. The number of carbonyl (C=O) groups is 1. The summed E-state index contributed by atoms with van der Waals surface area (Å²) in [5.74, 6) is 1.91. The Morgan fingerprint density at radius 2 is 1.95 bits per heavy atom. The van der Waals surface area contributed by atoms with E-state index in [4.69, 9.17) is 16.0 Å². The van der Waals surface area contributed by atoms with E-state index in [2.05, 4.69) is 5.32 Å². The molecule has 1 amide bonds. The molecule has 0 spiro atoms. The molecule has 1 aromatic heterocycles. The number of benzene rings is 1. The van der Waals surface area contributed by atoms with Gasteiger partial charge in [-0.2, -0.15) is 0 Å². The molecule has 1 N–H and O–H groups in total. The van der Waals surface area contributed by atoms with E-state index in [0.717, 1.165) is 17.1 Å². The molecular weight excluding hydrogens is 262 g/mol. The van der Waals surface area contributed by atoms with Gasteiger partial charge in [0.2, 0.25) is 0 Å². The van der Waals surface area contributed by atoms with Crippen LogP contribution in [0.2, 0.25) is 0 Å². The molecule has 0 saturated heterocycles. The normalized spacial score (nSPS) is 12.2. The van der Waals surface area contributed by atoms with Crippen molar-refractivity contribution in [3.05, 3.63) is 59.0 Å². The van der Waals surface area contributed by atoms with Gasteiger partial charge in [0.15, 0.2) is 0 Å². The van der Waals surface area contributed by atoms with Crippen LogP contribution in [-0.4, -0.2) is 5.91 Å². The lowest BCUT2D eigenvalue weighted by Crippen LogP contribution is -2.26. The number of aryl methyl sites for hydroxylation is 1. The van der Waals surface area contributed by atoms with Crippen molar-refractivity contribution >= 4 is 17.5 Å². The fourth-order valence-electron chi connectivity index (χ4n) is 1.78. The maximum Gasteiger partial charge on any atom is 0.251 e. The predicted molar refractivity (Wildman–Crippen MR) is 75.3 cm³/mol. The fraction of sp³-hybridized carbons (Fsp3) is 0.267. The molecule has 4 heteroatoms. The lowest BCUT2D eigenvalue weighted by molar-refractivity contribution is 0.0935. The highest BCUT2D eigenvalue weighted by Gasteiger charge is 2.13. The van der Waals surface area contributed by atoms with E-state index in [1.165, 1.54) is 0 Å². The Morgan fingerprint density at radius 3 is 2.47 bits per heavy atom. The van der Waals surface area contributed by atoms with Crippen molar-refractivity contribution in [3.8, 4) is 0 Å². The van der Waals surface area contributed by atoms with E-state index >= 15 is 0 Å². The minimum absolute atomic E-state index is 0.123. The van der Waals surface area contributed by atoms with Gasteiger partial charge in [-0.05, 0) is 43.7 Å². The van der Waals surface area contributed by atoms with Crippen LogP contribution in [0.3, 0.4) is 0 Å². The zero-order valence-electron chi connectivity index (χ0n) is 10.9. The lowest BCUT2D eigenvalue weighted by atomic mass is 10.1.